The third-order valence-electron chi connectivity index (χ3n) is 5.70. The lowest BCUT2D eigenvalue weighted by Crippen LogP contribution is -2.27. The van der Waals surface area contributed by atoms with Crippen LogP contribution < -0.4 is 5.32 Å². The maximum absolute atomic E-state index is 12.8. The maximum Gasteiger partial charge on any atom is 0.255 e. The van der Waals surface area contributed by atoms with E-state index in [2.05, 4.69) is 5.32 Å². The Kier molecular flexibility index (Phi) is 6.07. The van der Waals surface area contributed by atoms with Crippen LogP contribution in [0.15, 0.2) is 91.0 Å². The number of rotatable bonds is 5. The quantitative estimate of drug-likeness (QED) is 0.359. The highest BCUT2D eigenvalue weighted by atomic mass is 35.5. The molecule has 0 spiro atoms. The molecule has 4 aromatic rings. The van der Waals surface area contributed by atoms with Gasteiger partial charge in [-0.15, -0.1) is 11.8 Å². The summed E-state index contributed by atoms with van der Waals surface area (Å²) >= 11 is 7.58. The Bertz CT molecular complexity index is 1320. The number of hydrogen-bond donors (Lipinski definition) is 1. The van der Waals surface area contributed by atoms with Crippen LogP contribution in [0.1, 0.15) is 26.9 Å². The fourth-order valence-electron chi connectivity index (χ4n) is 3.96. The summed E-state index contributed by atoms with van der Waals surface area (Å²) in [5.74, 6) is 0.394. The van der Waals surface area contributed by atoms with Crippen molar-refractivity contribution in [1.29, 1.82) is 0 Å². The summed E-state index contributed by atoms with van der Waals surface area (Å²) in [5.41, 5.74) is 3.37. The van der Waals surface area contributed by atoms with Crippen LogP contribution in [0.2, 0.25) is 5.02 Å². The van der Waals surface area contributed by atoms with Gasteiger partial charge in [0.25, 0.3) is 5.91 Å². The fraction of sp³-hybridized carbons (Fsp3) is 0.111. The van der Waals surface area contributed by atoms with Gasteiger partial charge < -0.3 is 10.2 Å². The molecule has 0 aromatic heterocycles. The maximum atomic E-state index is 12.8. The second kappa shape index (κ2) is 9.30. The number of halogens is 1. The average Bonchev–Trinajstić information content (AvgIpc) is 3.20. The summed E-state index contributed by atoms with van der Waals surface area (Å²) in [6.45, 7) is 0.526. The van der Waals surface area contributed by atoms with Gasteiger partial charge in [0.05, 0.1) is 5.75 Å². The molecule has 6 heteroatoms. The van der Waals surface area contributed by atoms with Crippen LogP contribution in [0.5, 0.6) is 0 Å². The molecular formula is C27H21ClN2O2S. The van der Waals surface area contributed by atoms with Crippen molar-refractivity contribution in [2.75, 3.05) is 11.1 Å². The molecule has 0 aliphatic carbocycles. The van der Waals surface area contributed by atoms with E-state index in [9.17, 15) is 9.59 Å². The van der Waals surface area contributed by atoms with Crippen LogP contribution in [0.25, 0.3) is 10.8 Å². The molecule has 1 atom stereocenters. The van der Waals surface area contributed by atoms with Crippen LogP contribution >= 0.6 is 23.4 Å². The number of hydrogen-bond acceptors (Lipinski definition) is 3. The highest BCUT2D eigenvalue weighted by Crippen LogP contribution is 2.39. The summed E-state index contributed by atoms with van der Waals surface area (Å²) in [6, 6.07) is 29.0. The fourth-order valence-corrected chi connectivity index (χ4v) is 5.27. The molecule has 4 aromatic carbocycles. The minimum Gasteiger partial charge on any atom is -0.322 e. The van der Waals surface area contributed by atoms with Crippen LogP contribution in [0.3, 0.4) is 0 Å². The molecule has 1 fully saturated rings. The molecule has 164 valence electrons. The molecule has 0 saturated carbocycles. The van der Waals surface area contributed by atoms with Crippen LogP contribution in [-0.2, 0) is 11.3 Å². The van der Waals surface area contributed by atoms with Gasteiger partial charge in [-0.2, -0.15) is 0 Å². The van der Waals surface area contributed by atoms with Gasteiger partial charge in [-0.05, 0) is 58.3 Å². The molecule has 5 rings (SSSR count). The van der Waals surface area contributed by atoms with Gasteiger partial charge in [-0.1, -0.05) is 66.2 Å². The molecule has 1 aliphatic heterocycles. The van der Waals surface area contributed by atoms with Crippen LogP contribution in [0.4, 0.5) is 5.69 Å². The first-order chi connectivity index (χ1) is 16.1. The van der Waals surface area contributed by atoms with E-state index in [1.165, 1.54) is 0 Å². The Balaban J connectivity index is 1.30. The van der Waals surface area contributed by atoms with Crippen molar-refractivity contribution >= 4 is 51.6 Å². The number of nitrogens with zero attached hydrogens (tertiary/aromatic N) is 1. The highest BCUT2D eigenvalue weighted by molar-refractivity contribution is 8.00. The number of anilines is 1. The van der Waals surface area contributed by atoms with E-state index in [4.69, 9.17) is 11.6 Å². The van der Waals surface area contributed by atoms with Gasteiger partial charge in [0, 0.05) is 22.8 Å². The summed E-state index contributed by atoms with van der Waals surface area (Å²) in [5, 5.41) is 5.78. The highest BCUT2D eigenvalue weighted by Gasteiger charge is 2.32. The Morgan fingerprint density at radius 1 is 0.939 bits per heavy atom. The van der Waals surface area contributed by atoms with Gasteiger partial charge in [0.15, 0.2) is 0 Å². The van der Waals surface area contributed by atoms with Crippen molar-refractivity contribution in [3.05, 3.63) is 113 Å². The topological polar surface area (TPSA) is 49.4 Å². The Labute approximate surface area is 201 Å². The molecule has 0 radical (unpaired) electrons. The Morgan fingerprint density at radius 3 is 2.42 bits per heavy atom. The SMILES string of the molecule is O=C(Nc1ccc2ccccc2c1)c1ccc([C@@H]2SCC(=O)N2Cc2ccc(Cl)cc2)cc1. The Hall–Kier alpha value is -3.28. The molecule has 0 unspecified atom stereocenters. The monoisotopic (exact) mass is 472 g/mol. The smallest absolute Gasteiger partial charge is 0.255 e. The first kappa shape index (κ1) is 21.6. The van der Waals surface area contributed by atoms with Crippen molar-refractivity contribution < 1.29 is 9.59 Å². The minimum atomic E-state index is -0.162. The Morgan fingerprint density at radius 2 is 1.67 bits per heavy atom. The number of thioether (sulfide) groups is 1. The molecule has 33 heavy (non-hydrogen) atoms. The van der Waals surface area contributed by atoms with E-state index < -0.39 is 0 Å². The summed E-state index contributed by atoms with van der Waals surface area (Å²) in [6.07, 6.45) is 0. The van der Waals surface area contributed by atoms with Crippen molar-refractivity contribution in [2.24, 2.45) is 0 Å². The second-order valence-corrected chi connectivity index (χ2v) is 9.45. The van der Waals surface area contributed by atoms with E-state index >= 15 is 0 Å². The van der Waals surface area contributed by atoms with Crippen molar-refractivity contribution in [1.82, 2.24) is 4.90 Å². The number of carbonyl (C=O) groups is 2. The van der Waals surface area contributed by atoms with E-state index in [0.717, 1.165) is 27.6 Å². The third kappa shape index (κ3) is 4.75. The zero-order valence-electron chi connectivity index (χ0n) is 17.7. The predicted octanol–water partition coefficient (Wildman–Crippen LogP) is 6.52. The van der Waals surface area contributed by atoms with E-state index in [1.807, 2.05) is 95.9 Å². The average molecular weight is 473 g/mol. The van der Waals surface area contributed by atoms with Crippen molar-refractivity contribution in [2.45, 2.75) is 11.9 Å². The molecule has 2 amide bonds. The van der Waals surface area contributed by atoms with Crippen LogP contribution in [-0.4, -0.2) is 22.5 Å². The lowest BCUT2D eigenvalue weighted by molar-refractivity contribution is -0.128. The van der Waals surface area contributed by atoms with Gasteiger partial charge in [-0.25, -0.2) is 0 Å². The lowest BCUT2D eigenvalue weighted by Gasteiger charge is -2.24. The summed E-state index contributed by atoms with van der Waals surface area (Å²) in [4.78, 5) is 27.2. The minimum absolute atomic E-state index is 0.0780. The first-order valence-electron chi connectivity index (χ1n) is 10.6. The largest absolute Gasteiger partial charge is 0.322 e. The molecular weight excluding hydrogens is 452 g/mol. The van der Waals surface area contributed by atoms with Crippen molar-refractivity contribution in [3.8, 4) is 0 Å². The van der Waals surface area contributed by atoms with Gasteiger partial charge in [0.1, 0.15) is 5.37 Å². The van der Waals surface area contributed by atoms with Gasteiger partial charge in [0.2, 0.25) is 5.91 Å². The summed E-state index contributed by atoms with van der Waals surface area (Å²) < 4.78 is 0. The number of nitrogens with one attached hydrogen (secondary N) is 1. The number of carbonyl (C=O) groups excluding carboxylic acids is 2. The van der Waals surface area contributed by atoms with Gasteiger partial charge in [-0.3, -0.25) is 9.59 Å². The van der Waals surface area contributed by atoms with Crippen LogP contribution in [0, 0.1) is 0 Å². The molecule has 4 nitrogen and oxygen atoms in total. The van der Waals surface area contributed by atoms with E-state index in [0.29, 0.717) is 22.9 Å². The normalized spacial score (nSPS) is 15.7. The molecule has 1 N–H and O–H groups in total. The van der Waals surface area contributed by atoms with Crippen molar-refractivity contribution in [3.63, 3.8) is 0 Å². The lowest BCUT2D eigenvalue weighted by atomic mass is 10.1. The molecule has 1 aliphatic rings. The van der Waals surface area contributed by atoms with E-state index in [-0.39, 0.29) is 17.2 Å². The molecule has 1 heterocycles. The molecule has 0 bridgehead atoms. The predicted molar refractivity (Wildman–Crippen MR) is 136 cm³/mol. The zero-order valence-corrected chi connectivity index (χ0v) is 19.3. The summed E-state index contributed by atoms with van der Waals surface area (Å²) in [7, 11) is 0. The number of benzene rings is 4. The van der Waals surface area contributed by atoms with E-state index in [1.54, 1.807) is 11.8 Å². The standard InChI is InChI=1S/C27H21ClN2O2S/c28-23-12-5-18(6-13-23)16-30-25(31)17-33-27(30)21-9-7-20(8-10-21)26(32)29-24-14-11-19-3-1-2-4-22(19)15-24/h1-15,27H,16-17H2,(H,29,32)/t27-/m0/s1. The number of amides is 2. The molecule has 1 saturated heterocycles. The second-order valence-electron chi connectivity index (χ2n) is 7.95. The third-order valence-corrected chi connectivity index (χ3v) is 7.21. The first-order valence-corrected chi connectivity index (χ1v) is 12.1. The zero-order chi connectivity index (χ0) is 22.8. The van der Waals surface area contributed by atoms with Gasteiger partial charge >= 0.3 is 0 Å². The number of fused-ring (bicyclic) bond motifs is 1.